The number of fused-ring (bicyclic) bond motifs is 1. The molecule has 1 aromatic heterocycles. The van der Waals surface area contributed by atoms with E-state index in [0.717, 1.165) is 19.5 Å². The van der Waals surface area contributed by atoms with Crippen molar-refractivity contribution >= 4 is 16.8 Å². The Morgan fingerprint density at radius 2 is 2.15 bits per heavy atom. The molecule has 3 heteroatoms. The average molecular weight is 268 g/mol. The van der Waals surface area contributed by atoms with Gasteiger partial charge in [0.1, 0.15) is 0 Å². The zero-order valence-electron chi connectivity index (χ0n) is 11.9. The van der Waals surface area contributed by atoms with Crippen LogP contribution in [0.3, 0.4) is 0 Å². The van der Waals surface area contributed by atoms with E-state index in [1.807, 2.05) is 4.90 Å². The Bertz CT molecular complexity index is 673. The number of rotatable bonds is 3. The van der Waals surface area contributed by atoms with Crippen LogP contribution in [-0.2, 0) is 11.2 Å². The quantitative estimate of drug-likeness (QED) is 0.912. The maximum Gasteiger partial charge on any atom is 0.222 e. The molecule has 1 aliphatic carbocycles. The molecule has 2 heterocycles. The van der Waals surface area contributed by atoms with Crippen molar-refractivity contribution in [2.75, 3.05) is 13.1 Å². The molecule has 1 spiro atoms. The molecule has 20 heavy (non-hydrogen) atoms. The van der Waals surface area contributed by atoms with Gasteiger partial charge < -0.3 is 9.88 Å². The van der Waals surface area contributed by atoms with Crippen molar-refractivity contribution < 1.29 is 4.79 Å². The summed E-state index contributed by atoms with van der Waals surface area (Å²) in [5, 5.41) is 1.26. The van der Waals surface area contributed by atoms with Gasteiger partial charge in [-0.3, -0.25) is 4.79 Å². The van der Waals surface area contributed by atoms with Crippen molar-refractivity contribution in [2.24, 2.45) is 5.41 Å². The molecule has 2 fully saturated rings. The Labute approximate surface area is 119 Å². The summed E-state index contributed by atoms with van der Waals surface area (Å²) in [5.74, 6) is 0.324. The first-order valence-electron chi connectivity index (χ1n) is 7.50. The Hall–Kier alpha value is -1.77. The summed E-state index contributed by atoms with van der Waals surface area (Å²) in [6.07, 6.45) is 6.19. The molecule has 1 aliphatic heterocycles. The highest BCUT2D eigenvalue weighted by atomic mass is 16.2. The molecular weight excluding hydrogens is 248 g/mol. The lowest BCUT2D eigenvalue weighted by Crippen LogP contribution is -2.51. The largest absolute Gasteiger partial charge is 0.361 e. The lowest BCUT2D eigenvalue weighted by molar-refractivity contribution is -0.138. The highest BCUT2D eigenvalue weighted by Gasteiger charge is 2.53. The minimum atomic E-state index is 0.324. The molecule has 2 aliphatic rings. The van der Waals surface area contributed by atoms with E-state index in [0.29, 0.717) is 17.7 Å². The summed E-state index contributed by atoms with van der Waals surface area (Å²) in [6, 6.07) is 6.43. The number of benzene rings is 1. The molecule has 4 rings (SSSR count). The van der Waals surface area contributed by atoms with Crippen molar-refractivity contribution in [3.05, 3.63) is 35.5 Å². The monoisotopic (exact) mass is 268 g/mol. The van der Waals surface area contributed by atoms with E-state index >= 15 is 0 Å². The van der Waals surface area contributed by atoms with Crippen LogP contribution in [0.4, 0.5) is 0 Å². The van der Waals surface area contributed by atoms with E-state index < -0.39 is 0 Å². The molecule has 0 bridgehead atoms. The van der Waals surface area contributed by atoms with Crippen LogP contribution in [0, 0.1) is 12.3 Å². The third kappa shape index (κ3) is 1.92. The number of hydrogen-bond donors (Lipinski definition) is 1. The second-order valence-corrected chi connectivity index (χ2v) is 6.61. The van der Waals surface area contributed by atoms with Crippen molar-refractivity contribution in [3.63, 3.8) is 0 Å². The summed E-state index contributed by atoms with van der Waals surface area (Å²) in [7, 11) is 0. The number of aryl methyl sites for hydroxylation is 2. The van der Waals surface area contributed by atoms with E-state index in [9.17, 15) is 4.79 Å². The second kappa shape index (κ2) is 4.11. The van der Waals surface area contributed by atoms with E-state index in [1.165, 1.54) is 34.9 Å². The first kappa shape index (κ1) is 12.0. The molecule has 3 nitrogen and oxygen atoms in total. The summed E-state index contributed by atoms with van der Waals surface area (Å²) >= 11 is 0. The smallest absolute Gasteiger partial charge is 0.222 e. The zero-order valence-corrected chi connectivity index (χ0v) is 11.9. The molecule has 2 aromatic rings. The average Bonchev–Trinajstić information content (AvgIpc) is 3.11. The predicted octanol–water partition coefficient (Wildman–Crippen LogP) is 3.03. The summed E-state index contributed by atoms with van der Waals surface area (Å²) in [6.45, 7) is 4.13. The van der Waals surface area contributed by atoms with E-state index in [2.05, 4.69) is 36.3 Å². The predicted molar refractivity (Wildman–Crippen MR) is 79.6 cm³/mol. The van der Waals surface area contributed by atoms with Crippen LogP contribution in [0.1, 0.15) is 30.4 Å². The molecule has 1 aromatic carbocycles. The van der Waals surface area contributed by atoms with Gasteiger partial charge in [-0.1, -0.05) is 11.6 Å². The Kier molecular flexibility index (Phi) is 2.47. The number of carbonyl (C=O) groups excluding carboxylic acids is 1. The molecule has 1 saturated heterocycles. The van der Waals surface area contributed by atoms with Gasteiger partial charge in [0.2, 0.25) is 5.91 Å². The molecule has 1 N–H and O–H groups in total. The van der Waals surface area contributed by atoms with Gasteiger partial charge in [-0.05, 0) is 43.9 Å². The summed E-state index contributed by atoms with van der Waals surface area (Å²) < 4.78 is 0. The molecule has 104 valence electrons. The van der Waals surface area contributed by atoms with Gasteiger partial charge >= 0.3 is 0 Å². The lowest BCUT2D eigenvalue weighted by Gasteiger charge is -2.40. The number of aromatic nitrogens is 1. The SMILES string of the molecule is Cc1ccc2[nH]cc(CCC(=O)N3CC4(CC4)C3)c2c1. The third-order valence-corrected chi connectivity index (χ3v) is 4.89. The molecule has 1 amide bonds. The van der Waals surface area contributed by atoms with E-state index in [1.54, 1.807) is 0 Å². The second-order valence-electron chi connectivity index (χ2n) is 6.61. The number of carbonyl (C=O) groups is 1. The highest BCUT2D eigenvalue weighted by molar-refractivity contribution is 5.85. The number of aromatic amines is 1. The van der Waals surface area contributed by atoms with Gasteiger partial charge in [0, 0.05) is 42.0 Å². The summed E-state index contributed by atoms with van der Waals surface area (Å²) in [5.41, 5.74) is 4.26. The fraction of sp³-hybridized carbons (Fsp3) is 0.471. The number of nitrogens with one attached hydrogen (secondary N) is 1. The van der Waals surface area contributed by atoms with E-state index in [-0.39, 0.29) is 0 Å². The highest BCUT2D eigenvalue weighted by Crippen LogP contribution is 2.52. The van der Waals surface area contributed by atoms with Crippen molar-refractivity contribution in [3.8, 4) is 0 Å². The van der Waals surface area contributed by atoms with Crippen LogP contribution in [0.5, 0.6) is 0 Å². The number of H-pyrrole nitrogens is 1. The van der Waals surface area contributed by atoms with Crippen LogP contribution < -0.4 is 0 Å². The van der Waals surface area contributed by atoms with Crippen molar-refractivity contribution in [1.29, 1.82) is 0 Å². The fourth-order valence-corrected chi connectivity index (χ4v) is 3.33. The van der Waals surface area contributed by atoms with Crippen LogP contribution in [0.2, 0.25) is 0 Å². The number of likely N-dealkylation sites (tertiary alicyclic amines) is 1. The minimum absolute atomic E-state index is 0.324. The molecular formula is C17H20N2O. The number of amides is 1. The number of nitrogens with zero attached hydrogens (tertiary/aromatic N) is 1. The lowest BCUT2D eigenvalue weighted by atomic mass is 9.96. The summed E-state index contributed by atoms with van der Waals surface area (Å²) in [4.78, 5) is 17.5. The standard InChI is InChI=1S/C17H20N2O/c1-12-2-4-15-14(8-12)13(9-18-15)3-5-16(20)19-10-17(11-19)6-7-17/h2,4,8-9,18H,3,5-7,10-11H2,1H3. The number of hydrogen-bond acceptors (Lipinski definition) is 1. The van der Waals surface area contributed by atoms with Crippen LogP contribution in [-0.4, -0.2) is 28.9 Å². The normalized spacial score (nSPS) is 19.4. The van der Waals surface area contributed by atoms with Gasteiger partial charge in [-0.15, -0.1) is 0 Å². The first-order valence-corrected chi connectivity index (χ1v) is 7.50. The van der Waals surface area contributed by atoms with Crippen LogP contribution in [0.15, 0.2) is 24.4 Å². The van der Waals surface area contributed by atoms with Gasteiger partial charge in [0.15, 0.2) is 0 Å². The third-order valence-electron chi connectivity index (χ3n) is 4.89. The molecule has 0 unspecified atom stereocenters. The van der Waals surface area contributed by atoms with Gasteiger partial charge in [-0.2, -0.15) is 0 Å². The fourth-order valence-electron chi connectivity index (χ4n) is 3.33. The van der Waals surface area contributed by atoms with Gasteiger partial charge in [0.05, 0.1) is 0 Å². The Morgan fingerprint density at radius 3 is 2.90 bits per heavy atom. The van der Waals surface area contributed by atoms with Gasteiger partial charge in [0.25, 0.3) is 0 Å². The van der Waals surface area contributed by atoms with Crippen molar-refractivity contribution in [2.45, 2.75) is 32.6 Å². The van der Waals surface area contributed by atoms with Crippen molar-refractivity contribution in [1.82, 2.24) is 9.88 Å². The minimum Gasteiger partial charge on any atom is -0.361 e. The molecule has 0 radical (unpaired) electrons. The van der Waals surface area contributed by atoms with E-state index in [4.69, 9.17) is 0 Å². The van der Waals surface area contributed by atoms with Crippen LogP contribution >= 0.6 is 0 Å². The van der Waals surface area contributed by atoms with Gasteiger partial charge in [-0.25, -0.2) is 0 Å². The Morgan fingerprint density at radius 1 is 1.35 bits per heavy atom. The van der Waals surface area contributed by atoms with Crippen LogP contribution in [0.25, 0.3) is 10.9 Å². The Balaban J connectivity index is 1.42. The molecule has 1 saturated carbocycles. The molecule has 0 atom stereocenters. The maximum absolute atomic E-state index is 12.2. The topological polar surface area (TPSA) is 36.1 Å². The first-order chi connectivity index (χ1) is 9.65. The maximum atomic E-state index is 12.2. The zero-order chi connectivity index (χ0) is 13.7.